The van der Waals surface area contributed by atoms with Gasteiger partial charge in [0.1, 0.15) is 5.75 Å². The predicted octanol–water partition coefficient (Wildman–Crippen LogP) is 2.53. The van der Waals surface area contributed by atoms with Crippen molar-refractivity contribution < 1.29 is 5.11 Å². The van der Waals surface area contributed by atoms with Crippen molar-refractivity contribution in [2.24, 2.45) is 0 Å². The summed E-state index contributed by atoms with van der Waals surface area (Å²) in [4.78, 5) is 8.85. The molecule has 5 nitrogen and oxygen atoms in total. The number of fused-ring (bicyclic) bond motifs is 1. The molecule has 0 unspecified atom stereocenters. The lowest BCUT2D eigenvalue weighted by atomic mass is 10.1. The third-order valence-electron chi connectivity index (χ3n) is 2.86. The van der Waals surface area contributed by atoms with Gasteiger partial charge in [0.25, 0.3) is 0 Å². The van der Waals surface area contributed by atoms with Gasteiger partial charge in [-0.1, -0.05) is 12.1 Å². The molecule has 2 heterocycles. The second-order valence-electron chi connectivity index (χ2n) is 4.21. The van der Waals surface area contributed by atoms with Crippen LogP contribution in [0, 0.1) is 0 Å². The average molecular weight is 254 g/mol. The number of imidazole rings is 1. The highest BCUT2D eigenvalue weighted by molar-refractivity contribution is 5.69. The highest BCUT2D eigenvalue weighted by Crippen LogP contribution is 2.24. The molecule has 0 spiro atoms. The largest absolute Gasteiger partial charge is 0.508 e. The molecule has 0 saturated carbocycles. The molecule has 0 radical (unpaired) electrons. The number of phenolic OH excluding ortho intramolecular Hbond substituents is 1. The van der Waals surface area contributed by atoms with Gasteiger partial charge in [0, 0.05) is 30.7 Å². The first-order chi connectivity index (χ1) is 9.28. The molecule has 0 saturated heterocycles. The molecule has 0 atom stereocenters. The van der Waals surface area contributed by atoms with E-state index >= 15 is 0 Å². The fourth-order valence-corrected chi connectivity index (χ4v) is 2.02. The minimum Gasteiger partial charge on any atom is -0.508 e. The van der Waals surface area contributed by atoms with Gasteiger partial charge in [0.15, 0.2) is 11.5 Å². The lowest BCUT2D eigenvalue weighted by Crippen LogP contribution is -2.03. The third kappa shape index (κ3) is 2.10. The zero-order valence-electron chi connectivity index (χ0n) is 10.5. The normalized spacial score (nSPS) is 10.8. The van der Waals surface area contributed by atoms with E-state index in [1.807, 2.05) is 29.8 Å². The number of hydrogen-bond donors (Lipinski definition) is 2. The van der Waals surface area contributed by atoms with Crippen LogP contribution in [0.15, 0.2) is 42.9 Å². The number of nitrogens with zero attached hydrogens (tertiary/aromatic N) is 3. The summed E-state index contributed by atoms with van der Waals surface area (Å²) >= 11 is 0. The number of hydrogen-bond acceptors (Lipinski definition) is 4. The van der Waals surface area contributed by atoms with Crippen molar-refractivity contribution in [1.82, 2.24) is 14.4 Å². The van der Waals surface area contributed by atoms with E-state index in [1.165, 1.54) is 0 Å². The van der Waals surface area contributed by atoms with Crippen LogP contribution in [0.25, 0.3) is 16.9 Å². The molecule has 0 aliphatic heterocycles. The van der Waals surface area contributed by atoms with E-state index in [0.29, 0.717) is 0 Å². The van der Waals surface area contributed by atoms with E-state index in [2.05, 4.69) is 15.3 Å². The van der Waals surface area contributed by atoms with Gasteiger partial charge in [-0.3, -0.25) is 0 Å². The van der Waals surface area contributed by atoms with Crippen LogP contribution in [0.4, 0.5) is 5.82 Å². The predicted molar refractivity (Wildman–Crippen MR) is 74.3 cm³/mol. The second-order valence-corrected chi connectivity index (χ2v) is 4.21. The Morgan fingerprint density at radius 2 is 2.26 bits per heavy atom. The molecular formula is C14H14N4O. The van der Waals surface area contributed by atoms with Gasteiger partial charge in [-0.15, -0.1) is 0 Å². The summed E-state index contributed by atoms with van der Waals surface area (Å²) in [5, 5.41) is 12.8. The molecule has 0 bridgehead atoms. The van der Waals surface area contributed by atoms with Gasteiger partial charge < -0.3 is 14.8 Å². The van der Waals surface area contributed by atoms with Crippen LogP contribution in [-0.4, -0.2) is 26.0 Å². The Morgan fingerprint density at radius 3 is 3.05 bits per heavy atom. The fourth-order valence-electron chi connectivity index (χ4n) is 2.02. The minimum atomic E-state index is 0.232. The van der Waals surface area contributed by atoms with Gasteiger partial charge in [-0.2, -0.15) is 0 Å². The fraction of sp³-hybridized carbons (Fsp3) is 0.143. The van der Waals surface area contributed by atoms with Crippen LogP contribution in [0.2, 0.25) is 0 Å². The maximum Gasteiger partial charge on any atom is 0.180 e. The van der Waals surface area contributed by atoms with Crippen LogP contribution < -0.4 is 5.32 Å². The van der Waals surface area contributed by atoms with Crippen molar-refractivity contribution in [3.63, 3.8) is 0 Å². The summed E-state index contributed by atoms with van der Waals surface area (Å²) in [5.41, 5.74) is 2.46. The van der Waals surface area contributed by atoms with E-state index in [9.17, 15) is 5.11 Å². The van der Waals surface area contributed by atoms with E-state index in [1.54, 1.807) is 24.4 Å². The summed E-state index contributed by atoms with van der Waals surface area (Å²) in [6.07, 6.45) is 5.52. The number of benzene rings is 1. The van der Waals surface area contributed by atoms with E-state index in [-0.39, 0.29) is 5.75 Å². The van der Waals surface area contributed by atoms with Gasteiger partial charge in [0.05, 0.1) is 5.69 Å². The zero-order chi connectivity index (χ0) is 13.2. The van der Waals surface area contributed by atoms with Gasteiger partial charge in [-0.25, -0.2) is 9.97 Å². The number of rotatable bonds is 3. The van der Waals surface area contributed by atoms with Crippen molar-refractivity contribution in [3.8, 4) is 17.0 Å². The van der Waals surface area contributed by atoms with E-state index in [0.717, 1.165) is 29.3 Å². The van der Waals surface area contributed by atoms with Crippen molar-refractivity contribution in [2.75, 3.05) is 11.9 Å². The van der Waals surface area contributed by atoms with Crippen LogP contribution >= 0.6 is 0 Å². The molecule has 1 aromatic carbocycles. The van der Waals surface area contributed by atoms with Gasteiger partial charge in [0.2, 0.25) is 0 Å². The zero-order valence-corrected chi connectivity index (χ0v) is 10.5. The summed E-state index contributed by atoms with van der Waals surface area (Å²) in [6.45, 7) is 2.79. The van der Waals surface area contributed by atoms with Crippen LogP contribution in [-0.2, 0) is 0 Å². The van der Waals surface area contributed by atoms with Crippen LogP contribution in [0.3, 0.4) is 0 Å². The standard InChI is InChI=1S/C14H14N4O/c1-2-15-13-14-16-6-7-18(14)9-12(17-13)10-4-3-5-11(19)8-10/h3-9,19H,2H2,1H3,(H,15,17). The van der Waals surface area contributed by atoms with Crippen molar-refractivity contribution in [3.05, 3.63) is 42.9 Å². The SMILES string of the molecule is CCNc1nc(-c2cccc(O)c2)cn2ccnc12. The highest BCUT2D eigenvalue weighted by Gasteiger charge is 2.08. The lowest BCUT2D eigenvalue weighted by Gasteiger charge is -2.08. The Kier molecular flexibility index (Phi) is 2.79. The minimum absolute atomic E-state index is 0.232. The summed E-state index contributed by atoms with van der Waals surface area (Å²) in [5.74, 6) is 0.975. The highest BCUT2D eigenvalue weighted by atomic mass is 16.3. The number of aromatic nitrogens is 3. The Bertz CT molecular complexity index is 720. The Morgan fingerprint density at radius 1 is 1.37 bits per heavy atom. The monoisotopic (exact) mass is 254 g/mol. The quantitative estimate of drug-likeness (QED) is 0.754. The molecule has 2 N–H and O–H groups in total. The maximum absolute atomic E-state index is 9.56. The molecule has 3 aromatic rings. The molecular weight excluding hydrogens is 240 g/mol. The molecule has 0 amide bonds. The van der Waals surface area contributed by atoms with Gasteiger partial charge >= 0.3 is 0 Å². The molecule has 2 aromatic heterocycles. The van der Waals surface area contributed by atoms with Crippen molar-refractivity contribution in [2.45, 2.75) is 6.92 Å². The molecule has 3 rings (SSSR count). The number of anilines is 1. The summed E-state index contributed by atoms with van der Waals surface area (Å²) in [7, 11) is 0. The molecule has 5 heteroatoms. The topological polar surface area (TPSA) is 62.5 Å². The van der Waals surface area contributed by atoms with Crippen molar-refractivity contribution in [1.29, 1.82) is 0 Å². The number of nitrogens with one attached hydrogen (secondary N) is 1. The second kappa shape index (κ2) is 4.61. The average Bonchev–Trinajstić information content (AvgIpc) is 2.87. The number of aromatic hydroxyl groups is 1. The Hall–Kier alpha value is -2.56. The first kappa shape index (κ1) is 11.5. The summed E-state index contributed by atoms with van der Waals surface area (Å²) < 4.78 is 1.92. The third-order valence-corrected chi connectivity index (χ3v) is 2.86. The summed E-state index contributed by atoms with van der Waals surface area (Å²) in [6, 6.07) is 7.06. The smallest absolute Gasteiger partial charge is 0.180 e. The van der Waals surface area contributed by atoms with E-state index in [4.69, 9.17) is 0 Å². The maximum atomic E-state index is 9.56. The van der Waals surface area contributed by atoms with E-state index < -0.39 is 0 Å². The number of phenols is 1. The molecule has 19 heavy (non-hydrogen) atoms. The molecule has 0 fully saturated rings. The Labute approximate surface area is 110 Å². The first-order valence-corrected chi connectivity index (χ1v) is 6.15. The molecule has 96 valence electrons. The van der Waals surface area contributed by atoms with Gasteiger partial charge in [-0.05, 0) is 19.1 Å². The van der Waals surface area contributed by atoms with Crippen LogP contribution in [0.5, 0.6) is 5.75 Å². The van der Waals surface area contributed by atoms with Crippen molar-refractivity contribution >= 4 is 11.5 Å². The molecule has 0 aliphatic rings. The van der Waals surface area contributed by atoms with Crippen LogP contribution in [0.1, 0.15) is 6.92 Å². The first-order valence-electron chi connectivity index (χ1n) is 6.15. The molecule has 0 aliphatic carbocycles. The lowest BCUT2D eigenvalue weighted by molar-refractivity contribution is 0.475. The Balaban J connectivity index is 2.18.